The second-order valence-electron chi connectivity index (χ2n) is 4.28. The van der Waals surface area contributed by atoms with Crippen molar-refractivity contribution in [3.8, 4) is 0 Å². The maximum atomic E-state index is 11.3. The van der Waals surface area contributed by atoms with Crippen LogP contribution in [0, 0.1) is 0 Å². The van der Waals surface area contributed by atoms with Gasteiger partial charge in [-0.05, 0) is 36.5 Å². The van der Waals surface area contributed by atoms with Crippen molar-refractivity contribution in [3.05, 3.63) is 40.3 Å². The molecular weight excluding hydrogens is 214 g/mol. The Morgan fingerprint density at radius 2 is 2.24 bits per heavy atom. The van der Waals surface area contributed by atoms with Crippen LogP contribution in [0.15, 0.2) is 29.1 Å². The second-order valence-corrected chi connectivity index (χ2v) is 4.28. The molecule has 0 aliphatic heterocycles. The van der Waals surface area contributed by atoms with Crippen molar-refractivity contribution in [2.75, 3.05) is 5.73 Å². The Balaban J connectivity index is 2.36. The van der Waals surface area contributed by atoms with Gasteiger partial charge in [0.15, 0.2) is 0 Å². The van der Waals surface area contributed by atoms with E-state index in [0.29, 0.717) is 5.82 Å². The molecule has 1 aliphatic carbocycles. The maximum absolute atomic E-state index is 11.3. The first-order valence-corrected chi connectivity index (χ1v) is 5.73. The van der Waals surface area contributed by atoms with Crippen molar-refractivity contribution in [1.29, 1.82) is 0 Å². The third-order valence-corrected chi connectivity index (χ3v) is 3.17. The number of aromatic nitrogens is 2. The molecule has 0 saturated carbocycles. The molecule has 2 aromatic rings. The van der Waals surface area contributed by atoms with E-state index in [1.165, 1.54) is 12.0 Å². The van der Waals surface area contributed by atoms with E-state index in [0.717, 1.165) is 29.3 Å². The Morgan fingerprint density at radius 1 is 1.35 bits per heavy atom. The lowest BCUT2D eigenvalue weighted by atomic mass is 10.0. The maximum Gasteiger partial charge on any atom is 0.347 e. The van der Waals surface area contributed by atoms with Crippen molar-refractivity contribution in [2.24, 2.45) is 0 Å². The summed E-state index contributed by atoms with van der Waals surface area (Å²) in [6, 6.07) is 5.83. The molecule has 0 spiro atoms. The molecule has 0 fully saturated rings. The van der Waals surface area contributed by atoms with Gasteiger partial charge >= 0.3 is 5.69 Å². The molecule has 0 amide bonds. The zero-order valence-electron chi connectivity index (χ0n) is 9.36. The summed E-state index contributed by atoms with van der Waals surface area (Å²) in [5, 5.41) is 0.861. The van der Waals surface area contributed by atoms with Crippen molar-refractivity contribution < 1.29 is 0 Å². The number of rotatable bonds is 1. The van der Waals surface area contributed by atoms with Crippen LogP contribution in [0.2, 0.25) is 0 Å². The van der Waals surface area contributed by atoms with Crippen molar-refractivity contribution in [2.45, 2.75) is 19.3 Å². The number of aromatic amines is 1. The Hall–Kier alpha value is -2.10. The van der Waals surface area contributed by atoms with Gasteiger partial charge in [-0.25, -0.2) is 4.79 Å². The Morgan fingerprint density at radius 3 is 3.00 bits per heavy atom. The minimum Gasteiger partial charge on any atom is -0.383 e. The SMILES string of the molecule is Nc1nc(=O)[nH]c2cccc(C3=CCCC3)c12. The molecule has 0 radical (unpaired) electrons. The van der Waals surface area contributed by atoms with Gasteiger partial charge in [0.25, 0.3) is 0 Å². The highest BCUT2D eigenvalue weighted by Gasteiger charge is 2.13. The molecule has 17 heavy (non-hydrogen) atoms. The summed E-state index contributed by atoms with van der Waals surface area (Å²) >= 11 is 0. The summed E-state index contributed by atoms with van der Waals surface area (Å²) in [4.78, 5) is 17.8. The van der Waals surface area contributed by atoms with E-state index in [1.54, 1.807) is 0 Å². The number of nitrogens with two attached hydrogens (primary N) is 1. The molecule has 0 bridgehead atoms. The normalized spacial score (nSPS) is 15.2. The number of fused-ring (bicyclic) bond motifs is 1. The average molecular weight is 227 g/mol. The number of H-pyrrole nitrogens is 1. The third kappa shape index (κ3) is 1.62. The Kier molecular flexibility index (Phi) is 2.21. The fraction of sp³-hybridized carbons (Fsp3) is 0.231. The van der Waals surface area contributed by atoms with Gasteiger partial charge in [0.1, 0.15) is 5.82 Å². The van der Waals surface area contributed by atoms with E-state index in [9.17, 15) is 4.79 Å². The Bertz CT molecular complexity index is 670. The number of allylic oxidation sites excluding steroid dienone is 2. The first kappa shape index (κ1) is 10.1. The Labute approximate surface area is 98.2 Å². The van der Waals surface area contributed by atoms with Crippen LogP contribution in [0.3, 0.4) is 0 Å². The number of hydrogen-bond acceptors (Lipinski definition) is 3. The van der Waals surface area contributed by atoms with Crippen LogP contribution >= 0.6 is 0 Å². The van der Waals surface area contributed by atoms with E-state index < -0.39 is 5.69 Å². The molecule has 86 valence electrons. The number of nitrogen functional groups attached to an aromatic ring is 1. The third-order valence-electron chi connectivity index (χ3n) is 3.17. The lowest BCUT2D eigenvalue weighted by Gasteiger charge is -2.08. The van der Waals surface area contributed by atoms with Crippen LogP contribution in [-0.2, 0) is 0 Å². The minimum atomic E-state index is -0.396. The molecule has 0 atom stereocenters. The molecular formula is C13H13N3O. The van der Waals surface area contributed by atoms with E-state index in [4.69, 9.17) is 5.73 Å². The van der Waals surface area contributed by atoms with Gasteiger partial charge in [-0.1, -0.05) is 18.2 Å². The number of nitrogens with zero attached hydrogens (tertiary/aromatic N) is 1. The highest BCUT2D eigenvalue weighted by atomic mass is 16.1. The smallest absolute Gasteiger partial charge is 0.347 e. The summed E-state index contributed by atoms with van der Waals surface area (Å²) in [5.41, 5.74) is 8.63. The van der Waals surface area contributed by atoms with E-state index in [-0.39, 0.29) is 0 Å². The molecule has 4 heteroatoms. The van der Waals surface area contributed by atoms with Gasteiger partial charge in [-0.15, -0.1) is 0 Å². The predicted molar refractivity (Wildman–Crippen MR) is 68.6 cm³/mol. The fourth-order valence-corrected chi connectivity index (χ4v) is 2.42. The number of nitrogens with one attached hydrogen (secondary N) is 1. The molecule has 0 unspecified atom stereocenters. The predicted octanol–water partition coefficient (Wildman–Crippen LogP) is 2.07. The molecule has 1 aromatic heterocycles. The van der Waals surface area contributed by atoms with Gasteiger partial charge < -0.3 is 10.7 Å². The van der Waals surface area contributed by atoms with Gasteiger partial charge in [0.2, 0.25) is 0 Å². The van der Waals surface area contributed by atoms with Crippen LogP contribution in [0.4, 0.5) is 5.82 Å². The van der Waals surface area contributed by atoms with Crippen LogP contribution in [0.1, 0.15) is 24.8 Å². The van der Waals surface area contributed by atoms with Crippen LogP contribution in [-0.4, -0.2) is 9.97 Å². The zero-order valence-corrected chi connectivity index (χ0v) is 9.36. The monoisotopic (exact) mass is 227 g/mol. The van der Waals surface area contributed by atoms with E-state index >= 15 is 0 Å². The van der Waals surface area contributed by atoms with Gasteiger partial charge in [-0.3, -0.25) is 0 Å². The second kappa shape index (κ2) is 3.73. The largest absolute Gasteiger partial charge is 0.383 e. The van der Waals surface area contributed by atoms with Gasteiger partial charge in [-0.2, -0.15) is 4.98 Å². The topological polar surface area (TPSA) is 71.8 Å². The summed E-state index contributed by atoms with van der Waals surface area (Å²) in [7, 11) is 0. The first-order valence-electron chi connectivity index (χ1n) is 5.73. The number of hydrogen-bond donors (Lipinski definition) is 2. The van der Waals surface area contributed by atoms with Gasteiger partial charge in [0, 0.05) is 5.39 Å². The quantitative estimate of drug-likeness (QED) is 0.783. The minimum absolute atomic E-state index is 0.312. The summed E-state index contributed by atoms with van der Waals surface area (Å²) in [5.74, 6) is 0.312. The molecule has 1 aliphatic rings. The fourth-order valence-electron chi connectivity index (χ4n) is 2.42. The highest BCUT2D eigenvalue weighted by molar-refractivity contribution is 5.98. The lowest BCUT2D eigenvalue weighted by Crippen LogP contribution is -2.13. The average Bonchev–Trinajstić information content (AvgIpc) is 2.80. The molecule has 1 aromatic carbocycles. The van der Waals surface area contributed by atoms with Crippen molar-refractivity contribution >= 4 is 22.3 Å². The van der Waals surface area contributed by atoms with E-state index in [2.05, 4.69) is 16.0 Å². The van der Waals surface area contributed by atoms with Crippen LogP contribution in [0.25, 0.3) is 16.5 Å². The molecule has 3 rings (SSSR count). The summed E-state index contributed by atoms with van der Waals surface area (Å²) in [6.07, 6.45) is 5.60. The standard InChI is InChI=1S/C13H13N3O/c14-12-11-9(8-4-1-2-5-8)6-3-7-10(11)15-13(17)16-12/h3-4,6-7H,1-2,5H2,(H3,14,15,16,17). The van der Waals surface area contributed by atoms with Crippen LogP contribution in [0.5, 0.6) is 0 Å². The molecule has 0 saturated heterocycles. The van der Waals surface area contributed by atoms with E-state index in [1.807, 2.05) is 18.2 Å². The number of anilines is 1. The zero-order chi connectivity index (χ0) is 11.8. The number of benzene rings is 1. The van der Waals surface area contributed by atoms with Gasteiger partial charge in [0.05, 0.1) is 5.52 Å². The summed E-state index contributed by atoms with van der Waals surface area (Å²) < 4.78 is 0. The highest BCUT2D eigenvalue weighted by Crippen LogP contribution is 2.33. The lowest BCUT2D eigenvalue weighted by molar-refractivity contribution is 0.935. The molecule has 1 heterocycles. The van der Waals surface area contributed by atoms with Crippen molar-refractivity contribution in [1.82, 2.24) is 9.97 Å². The summed E-state index contributed by atoms with van der Waals surface area (Å²) in [6.45, 7) is 0. The first-order chi connectivity index (χ1) is 8.25. The molecule has 4 nitrogen and oxygen atoms in total. The van der Waals surface area contributed by atoms with Crippen LogP contribution < -0.4 is 11.4 Å². The van der Waals surface area contributed by atoms with Crippen molar-refractivity contribution in [3.63, 3.8) is 0 Å². The molecule has 3 N–H and O–H groups in total.